The number of likely N-dealkylation sites (tertiary alicyclic amines) is 1. The van der Waals surface area contributed by atoms with Gasteiger partial charge in [-0.15, -0.1) is 0 Å². The fourth-order valence-electron chi connectivity index (χ4n) is 3.52. The molecule has 1 heterocycles. The molecule has 3 rings (SSSR count). The van der Waals surface area contributed by atoms with Gasteiger partial charge in [-0.1, -0.05) is 36.4 Å². The van der Waals surface area contributed by atoms with Gasteiger partial charge >= 0.3 is 12.1 Å². The third-order valence-corrected chi connectivity index (χ3v) is 5.19. The van der Waals surface area contributed by atoms with Crippen molar-refractivity contribution in [2.24, 2.45) is 5.92 Å². The summed E-state index contributed by atoms with van der Waals surface area (Å²) in [6, 6.07) is 13.4. The predicted octanol–water partition coefficient (Wildman–Crippen LogP) is 4.36. The average molecular weight is 427 g/mol. The third kappa shape index (κ3) is 5.96. The molecule has 166 valence electrons. The number of carbonyl (C=O) groups excluding carboxylic acids is 3. The number of nitrogens with one attached hydrogen (secondary N) is 1. The summed E-state index contributed by atoms with van der Waals surface area (Å²) < 4.78 is 10.8. The lowest BCUT2D eigenvalue weighted by molar-refractivity contribution is -0.158. The molecule has 1 N–H and O–H groups in total. The molecule has 0 saturated carbocycles. The Kier molecular flexibility index (Phi) is 6.83. The van der Waals surface area contributed by atoms with Gasteiger partial charge < -0.3 is 19.7 Å². The molecule has 0 spiro atoms. The summed E-state index contributed by atoms with van der Waals surface area (Å²) in [4.78, 5) is 38.9. The molecule has 0 unspecified atom stereocenters. The molecule has 7 nitrogen and oxygen atoms in total. The minimum atomic E-state index is -0.921. The van der Waals surface area contributed by atoms with E-state index < -0.39 is 17.7 Å². The molecule has 0 bridgehead atoms. The highest BCUT2D eigenvalue weighted by molar-refractivity contribution is 6.03. The number of esters is 1. The normalized spacial score (nSPS) is 15.9. The van der Waals surface area contributed by atoms with E-state index in [9.17, 15) is 14.4 Å². The van der Waals surface area contributed by atoms with E-state index in [4.69, 9.17) is 9.47 Å². The van der Waals surface area contributed by atoms with Crippen molar-refractivity contribution in [2.45, 2.75) is 52.2 Å². The van der Waals surface area contributed by atoms with E-state index in [1.807, 2.05) is 63.2 Å². The van der Waals surface area contributed by atoms with E-state index in [2.05, 4.69) is 5.32 Å². The van der Waals surface area contributed by atoms with Crippen LogP contribution in [0.1, 0.15) is 40.5 Å². The summed E-state index contributed by atoms with van der Waals surface area (Å²) in [6.07, 6.45) is -0.330. The molecule has 1 aliphatic rings. The van der Waals surface area contributed by atoms with E-state index in [-0.39, 0.29) is 17.9 Å². The van der Waals surface area contributed by atoms with Crippen molar-refractivity contribution < 1.29 is 23.9 Å². The molecule has 1 saturated heterocycles. The third-order valence-electron chi connectivity index (χ3n) is 5.19. The predicted molar refractivity (Wildman–Crippen MR) is 119 cm³/mol. The Morgan fingerprint density at radius 2 is 1.68 bits per heavy atom. The van der Waals surface area contributed by atoms with Gasteiger partial charge in [0.15, 0.2) is 6.10 Å². The van der Waals surface area contributed by atoms with Gasteiger partial charge in [-0.3, -0.25) is 9.59 Å². The number of rotatable bonds is 4. The maximum absolute atomic E-state index is 12.6. The first kappa shape index (κ1) is 22.6. The second kappa shape index (κ2) is 9.37. The first-order chi connectivity index (χ1) is 14.6. The first-order valence-corrected chi connectivity index (χ1v) is 10.6. The molecule has 0 aliphatic carbocycles. The number of anilines is 1. The van der Waals surface area contributed by atoms with Gasteiger partial charge in [0.1, 0.15) is 5.60 Å². The van der Waals surface area contributed by atoms with Crippen molar-refractivity contribution in [1.82, 2.24) is 4.90 Å². The van der Waals surface area contributed by atoms with Gasteiger partial charge in [-0.25, -0.2) is 4.79 Å². The summed E-state index contributed by atoms with van der Waals surface area (Å²) >= 11 is 0. The lowest BCUT2D eigenvalue weighted by Crippen LogP contribution is -2.43. The smallest absolute Gasteiger partial charge is 0.410 e. The second-order valence-corrected chi connectivity index (χ2v) is 8.84. The topological polar surface area (TPSA) is 84.9 Å². The van der Waals surface area contributed by atoms with Gasteiger partial charge in [0.05, 0.1) is 5.92 Å². The maximum Gasteiger partial charge on any atom is 0.410 e. The lowest BCUT2D eigenvalue weighted by atomic mass is 9.97. The Morgan fingerprint density at radius 3 is 2.35 bits per heavy atom. The number of fused-ring (bicyclic) bond motifs is 1. The van der Waals surface area contributed by atoms with Gasteiger partial charge in [0.25, 0.3) is 5.91 Å². The van der Waals surface area contributed by atoms with Crippen LogP contribution in [0.5, 0.6) is 0 Å². The van der Waals surface area contributed by atoms with E-state index in [0.29, 0.717) is 31.6 Å². The molecule has 1 atom stereocenters. The van der Waals surface area contributed by atoms with Crippen molar-refractivity contribution in [2.75, 3.05) is 18.4 Å². The van der Waals surface area contributed by atoms with Crippen LogP contribution in [0, 0.1) is 5.92 Å². The highest BCUT2D eigenvalue weighted by Crippen LogP contribution is 2.24. The first-order valence-electron chi connectivity index (χ1n) is 10.6. The summed E-state index contributed by atoms with van der Waals surface area (Å²) in [5.74, 6) is -1.13. The monoisotopic (exact) mass is 426 g/mol. The molecule has 0 radical (unpaired) electrons. The van der Waals surface area contributed by atoms with Gasteiger partial charge in [-0.2, -0.15) is 0 Å². The van der Waals surface area contributed by atoms with Gasteiger partial charge in [0, 0.05) is 24.2 Å². The SMILES string of the molecule is C[C@H](OC(=O)C1CCN(C(=O)OC(C)(C)C)CC1)C(=O)Nc1cccc2ccccc12. The molecule has 1 aliphatic heterocycles. The number of piperidine rings is 1. The van der Waals surface area contributed by atoms with Gasteiger partial charge in [0.2, 0.25) is 0 Å². The average Bonchev–Trinajstić information content (AvgIpc) is 2.72. The minimum Gasteiger partial charge on any atom is -0.452 e. The maximum atomic E-state index is 12.6. The Hall–Kier alpha value is -3.09. The fourth-order valence-corrected chi connectivity index (χ4v) is 3.52. The van der Waals surface area contributed by atoms with E-state index in [1.54, 1.807) is 11.8 Å². The summed E-state index contributed by atoms with van der Waals surface area (Å²) in [5.41, 5.74) is 0.122. The zero-order valence-corrected chi connectivity index (χ0v) is 18.5. The largest absolute Gasteiger partial charge is 0.452 e. The highest BCUT2D eigenvalue weighted by atomic mass is 16.6. The van der Waals surface area contributed by atoms with E-state index in [0.717, 1.165) is 10.8 Å². The number of hydrogen-bond acceptors (Lipinski definition) is 5. The molecule has 1 fully saturated rings. The van der Waals surface area contributed by atoms with Crippen molar-refractivity contribution in [3.8, 4) is 0 Å². The molecule has 0 aromatic heterocycles. The van der Waals surface area contributed by atoms with Crippen molar-refractivity contribution >= 4 is 34.4 Å². The van der Waals surface area contributed by atoms with Crippen LogP contribution < -0.4 is 5.32 Å². The number of nitrogens with zero attached hydrogens (tertiary/aromatic N) is 1. The Morgan fingerprint density at radius 1 is 1.03 bits per heavy atom. The van der Waals surface area contributed by atoms with Crippen molar-refractivity contribution in [1.29, 1.82) is 0 Å². The standard InChI is InChI=1S/C24H30N2O5/c1-16(21(27)25-20-11-7-9-17-8-5-6-10-19(17)20)30-22(28)18-12-14-26(15-13-18)23(29)31-24(2,3)4/h5-11,16,18H,12-15H2,1-4H3,(H,25,27)/t16-/m0/s1. The van der Waals surface area contributed by atoms with Crippen molar-refractivity contribution in [3.63, 3.8) is 0 Å². The van der Waals surface area contributed by atoms with Crippen LogP contribution in [0.25, 0.3) is 10.8 Å². The van der Waals surface area contributed by atoms with E-state index >= 15 is 0 Å². The Balaban J connectivity index is 1.51. The Bertz CT molecular complexity index is 953. The summed E-state index contributed by atoms with van der Waals surface area (Å²) in [5, 5.41) is 4.79. The molecule has 31 heavy (non-hydrogen) atoms. The van der Waals surface area contributed by atoms with E-state index in [1.165, 1.54) is 0 Å². The number of benzene rings is 2. The van der Waals surface area contributed by atoms with Crippen molar-refractivity contribution in [3.05, 3.63) is 42.5 Å². The molecule has 2 aromatic rings. The van der Waals surface area contributed by atoms with Crippen LogP contribution in [-0.2, 0) is 19.1 Å². The number of carbonyl (C=O) groups is 3. The zero-order chi connectivity index (χ0) is 22.6. The van der Waals surface area contributed by atoms with Crippen LogP contribution in [0.15, 0.2) is 42.5 Å². The Labute approximate surface area is 182 Å². The second-order valence-electron chi connectivity index (χ2n) is 8.84. The van der Waals surface area contributed by atoms with Crippen LogP contribution in [0.2, 0.25) is 0 Å². The van der Waals surface area contributed by atoms with Crippen LogP contribution in [0.4, 0.5) is 10.5 Å². The van der Waals surface area contributed by atoms with Crippen LogP contribution in [-0.4, -0.2) is 47.7 Å². The minimum absolute atomic E-state index is 0.341. The molecular weight excluding hydrogens is 396 g/mol. The van der Waals surface area contributed by atoms with Crippen LogP contribution >= 0.6 is 0 Å². The fraction of sp³-hybridized carbons (Fsp3) is 0.458. The summed E-state index contributed by atoms with van der Waals surface area (Å²) in [6.45, 7) is 7.86. The number of amides is 2. The number of hydrogen-bond donors (Lipinski definition) is 1. The molecular formula is C24H30N2O5. The molecule has 7 heteroatoms. The molecule has 2 aromatic carbocycles. The quantitative estimate of drug-likeness (QED) is 0.735. The lowest BCUT2D eigenvalue weighted by Gasteiger charge is -2.32. The van der Waals surface area contributed by atoms with Crippen LogP contribution in [0.3, 0.4) is 0 Å². The summed E-state index contributed by atoms with van der Waals surface area (Å²) in [7, 11) is 0. The number of ether oxygens (including phenoxy) is 2. The highest BCUT2D eigenvalue weighted by Gasteiger charge is 2.32. The van der Waals surface area contributed by atoms with Gasteiger partial charge in [-0.05, 0) is 52.0 Å². The molecule has 2 amide bonds. The zero-order valence-electron chi connectivity index (χ0n) is 18.5.